The van der Waals surface area contributed by atoms with Crippen molar-refractivity contribution >= 4 is 32.5 Å². The number of hydrazine groups is 1. The second-order valence-corrected chi connectivity index (χ2v) is 5.75. The van der Waals surface area contributed by atoms with E-state index in [9.17, 15) is 4.39 Å². The first-order chi connectivity index (χ1) is 9.20. The van der Waals surface area contributed by atoms with E-state index in [0.29, 0.717) is 9.99 Å². The number of hydrogen-bond donors (Lipinski definition) is 2. The van der Waals surface area contributed by atoms with Crippen LogP contribution in [0.2, 0.25) is 0 Å². The number of rotatable bonds is 1. The third kappa shape index (κ3) is 2.21. The Kier molecular flexibility index (Phi) is 3.41. The number of anilines is 1. The summed E-state index contributed by atoms with van der Waals surface area (Å²) in [5, 5.41) is 0.872. The van der Waals surface area contributed by atoms with Gasteiger partial charge in [-0.15, -0.1) is 0 Å². The quantitative estimate of drug-likeness (QED) is 0.478. The van der Waals surface area contributed by atoms with E-state index in [1.807, 2.05) is 0 Å². The maximum Gasteiger partial charge on any atom is 0.139 e. The maximum atomic E-state index is 13.7. The van der Waals surface area contributed by atoms with Crippen molar-refractivity contribution in [1.29, 1.82) is 0 Å². The van der Waals surface area contributed by atoms with Gasteiger partial charge in [0, 0.05) is 17.1 Å². The summed E-state index contributed by atoms with van der Waals surface area (Å²) >= 11 is 3.22. The van der Waals surface area contributed by atoms with Crippen molar-refractivity contribution in [2.24, 2.45) is 5.84 Å². The van der Waals surface area contributed by atoms with Crippen LogP contribution < -0.4 is 11.3 Å². The predicted octanol–water partition coefficient (Wildman–Crippen LogP) is 3.69. The third-order valence-electron chi connectivity index (χ3n) is 3.70. The second-order valence-electron chi connectivity index (χ2n) is 4.90. The zero-order valence-corrected chi connectivity index (χ0v) is 12.1. The number of aryl methyl sites for hydroxylation is 1. The summed E-state index contributed by atoms with van der Waals surface area (Å²) in [6.07, 6.45) is 5.41. The zero-order chi connectivity index (χ0) is 13.4. The Morgan fingerprint density at radius 3 is 2.79 bits per heavy atom. The molecule has 1 aromatic carbocycles. The standard InChI is InChI=1S/C14H15BrFN3/c15-10-6-9-13(7-11(10)16)18-12-5-3-1-2-4-8(12)14(9)19-17/h6-7H,1-5,17H2,(H,18,19). The molecule has 100 valence electrons. The van der Waals surface area contributed by atoms with Gasteiger partial charge in [-0.05, 0) is 53.2 Å². The Morgan fingerprint density at radius 1 is 1.21 bits per heavy atom. The first kappa shape index (κ1) is 12.8. The van der Waals surface area contributed by atoms with Gasteiger partial charge in [0.25, 0.3) is 0 Å². The molecule has 0 aliphatic heterocycles. The van der Waals surface area contributed by atoms with Gasteiger partial charge in [0.05, 0.1) is 15.7 Å². The van der Waals surface area contributed by atoms with E-state index in [4.69, 9.17) is 5.84 Å². The van der Waals surface area contributed by atoms with Gasteiger partial charge < -0.3 is 5.43 Å². The van der Waals surface area contributed by atoms with Crippen molar-refractivity contribution in [1.82, 2.24) is 4.98 Å². The van der Waals surface area contributed by atoms with Gasteiger partial charge in [-0.2, -0.15) is 0 Å². The number of nitrogens with two attached hydrogens (primary N) is 1. The number of nitrogens with zero attached hydrogens (tertiary/aromatic N) is 1. The van der Waals surface area contributed by atoms with Gasteiger partial charge >= 0.3 is 0 Å². The third-order valence-corrected chi connectivity index (χ3v) is 4.31. The normalized spacial score (nSPS) is 15.1. The van der Waals surface area contributed by atoms with E-state index in [2.05, 4.69) is 26.3 Å². The van der Waals surface area contributed by atoms with Crippen LogP contribution in [0.25, 0.3) is 10.9 Å². The van der Waals surface area contributed by atoms with Crippen LogP contribution in [-0.4, -0.2) is 4.98 Å². The van der Waals surface area contributed by atoms with E-state index in [0.717, 1.165) is 42.5 Å². The topological polar surface area (TPSA) is 50.9 Å². The lowest BCUT2D eigenvalue weighted by atomic mass is 10.0. The molecule has 19 heavy (non-hydrogen) atoms. The number of hydrogen-bond acceptors (Lipinski definition) is 3. The molecule has 0 saturated heterocycles. The number of fused-ring (bicyclic) bond motifs is 2. The maximum absolute atomic E-state index is 13.7. The number of halogens is 2. The van der Waals surface area contributed by atoms with Crippen LogP contribution in [0.1, 0.15) is 30.5 Å². The van der Waals surface area contributed by atoms with E-state index in [1.165, 1.54) is 18.1 Å². The molecular formula is C14H15BrFN3. The predicted molar refractivity (Wildman–Crippen MR) is 78.5 cm³/mol. The molecule has 0 amide bonds. The molecule has 0 spiro atoms. The Labute approximate surface area is 119 Å². The summed E-state index contributed by atoms with van der Waals surface area (Å²) in [7, 11) is 0. The molecule has 1 aliphatic carbocycles. The van der Waals surface area contributed by atoms with Gasteiger partial charge in [0.15, 0.2) is 0 Å². The summed E-state index contributed by atoms with van der Waals surface area (Å²) in [4.78, 5) is 4.63. The highest BCUT2D eigenvalue weighted by molar-refractivity contribution is 9.10. The van der Waals surface area contributed by atoms with Gasteiger partial charge in [-0.25, -0.2) is 4.39 Å². The van der Waals surface area contributed by atoms with E-state index < -0.39 is 0 Å². The summed E-state index contributed by atoms with van der Waals surface area (Å²) in [6, 6.07) is 3.21. The van der Waals surface area contributed by atoms with Gasteiger partial charge in [0.1, 0.15) is 5.82 Å². The molecule has 5 heteroatoms. The summed E-state index contributed by atoms with van der Waals surface area (Å²) in [5.41, 5.74) is 6.58. The molecule has 2 aromatic rings. The molecule has 0 fully saturated rings. The highest BCUT2D eigenvalue weighted by atomic mass is 79.9. The first-order valence-corrected chi connectivity index (χ1v) is 7.27. The van der Waals surface area contributed by atoms with Crippen LogP contribution in [0.15, 0.2) is 16.6 Å². The molecule has 0 radical (unpaired) electrons. The number of aromatic nitrogens is 1. The van der Waals surface area contributed by atoms with Gasteiger partial charge in [-0.3, -0.25) is 10.8 Å². The minimum atomic E-state index is -0.295. The molecule has 3 nitrogen and oxygen atoms in total. The van der Waals surface area contributed by atoms with Crippen molar-refractivity contribution in [3.63, 3.8) is 0 Å². The fourth-order valence-electron chi connectivity index (χ4n) is 2.76. The highest BCUT2D eigenvalue weighted by Gasteiger charge is 2.17. The first-order valence-electron chi connectivity index (χ1n) is 6.48. The fourth-order valence-corrected chi connectivity index (χ4v) is 3.10. The average Bonchev–Trinajstić information content (AvgIpc) is 2.63. The van der Waals surface area contributed by atoms with Crippen LogP contribution in [0.4, 0.5) is 10.1 Å². The monoisotopic (exact) mass is 323 g/mol. The van der Waals surface area contributed by atoms with Gasteiger partial charge in [-0.1, -0.05) is 6.42 Å². The molecule has 1 aliphatic rings. The van der Waals surface area contributed by atoms with Crippen LogP contribution in [0.3, 0.4) is 0 Å². The van der Waals surface area contributed by atoms with Gasteiger partial charge in [0.2, 0.25) is 0 Å². The summed E-state index contributed by atoms with van der Waals surface area (Å²) in [6.45, 7) is 0. The van der Waals surface area contributed by atoms with Crippen molar-refractivity contribution in [3.8, 4) is 0 Å². The molecule has 3 rings (SSSR count). The number of nitrogens with one attached hydrogen (secondary N) is 1. The molecule has 1 aromatic heterocycles. The Balaban J connectivity index is 2.33. The van der Waals surface area contributed by atoms with Crippen LogP contribution in [0.5, 0.6) is 0 Å². The van der Waals surface area contributed by atoms with Crippen LogP contribution in [0, 0.1) is 5.82 Å². The minimum absolute atomic E-state index is 0.295. The van der Waals surface area contributed by atoms with Crippen LogP contribution >= 0.6 is 15.9 Å². The molecule has 0 bridgehead atoms. The second kappa shape index (κ2) is 5.06. The number of benzene rings is 1. The SMILES string of the molecule is NNc1c2c(nc3cc(F)c(Br)cc13)CCCCC2. The van der Waals surface area contributed by atoms with Crippen molar-refractivity contribution < 1.29 is 4.39 Å². The highest BCUT2D eigenvalue weighted by Crippen LogP contribution is 2.34. The van der Waals surface area contributed by atoms with Crippen LogP contribution in [-0.2, 0) is 12.8 Å². The summed E-state index contributed by atoms with van der Waals surface area (Å²) < 4.78 is 14.1. The Hall–Kier alpha value is -1.20. The minimum Gasteiger partial charge on any atom is -0.323 e. The van der Waals surface area contributed by atoms with E-state index in [1.54, 1.807) is 6.07 Å². The average molecular weight is 324 g/mol. The molecule has 0 atom stereocenters. The van der Waals surface area contributed by atoms with Crippen molar-refractivity contribution in [2.75, 3.05) is 5.43 Å². The fraction of sp³-hybridized carbons (Fsp3) is 0.357. The van der Waals surface area contributed by atoms with E-state index >= 15 is 0 Å². The zero-order valence-electron chi connectivity index (χ0n) is 10.5. The lowest BCUT2D eigenvalue weighted by Gasteiger charge is -2.15. The summed E-state index contributed by atoms with van der Waals surface area (Å²) in [5.74, 6) is 5.40. The van der Waals surface area contributed by atoms with Crippen molar-refractivity contribution in [2.45, 2.75) is 32.1 Å². The molecule has 3 N–H and O–H groups in total. The largest absolute Gasteiger partial charge is 0.323 e. The molecule has 1 heterocycles. The van der Waals surface area contributed by atoms with E-state index in [-0.39, 0.29) is 5.82 Å². The number of nitrogen functional groups attached to an aromatic ring is 1. The van der Waals surface area contributed by atoms with Crippen molar-refractivity contribution in [3.05, 3.63) is 33.7 Å². The lowest BCUT2D eigenvalue weighted by molar-refractivity contribution is 0.622. The smallest absolute Gasteiger partial charge is 0.139 e. The Morgan fingerprint density at radius 2 is 2.00 bits per heavy atom. The Bertz CT molecular complexity index is 642. The lowest BCUT2D eigenvalue weighted by Crippen LogP contribution is -2.12. The molecular weight excluding hydrogens is 309 g/mol. The molecule has 0 unspecified atom stereocenters. The molecule has 0 saturated carbocycles. The number of pyridine rings is 1.